The lowest BCUT2D eigenvalue weighted by Gasteiger charge is -2.08. The second-order valence-electron chi connectivity index (χ2n) is 4.01. The highest BCUT2D eigenvalue weighted by Crippen LogP contribution is 2.21. The summed E-state index contributed by atoms with van der Waals surface area (Å²) >= 11 is 5.89. The Morgan fingerprint density at radius 3 is 2.65 bits per heavy atom. The highest BCUT2D eigenvalue weighted by atomic mass is 35.5. The molecule has 90 valence electrons. The van der Waals surface area contributed by atoms with Gasteiger partial charge in [0.1, 0.15) is 11.5 Å². The lowest BCUT2D eigenvalue weighted by molar-refractivity contribution is 0.605. The molecule has 0 aliphatic carbocycles. The van der Waals surface area contributed by atoms with Crippen molar-refractivity contribution in [3.05, 3.63) is 46.5 Å². The number of aromatic nitrogens is 2. The van der Waals surface area contributed by atoms with Gasteiger partial charge in [0.05, 0.1) is 10.7 Å². The lowest BCUT2D eigenvalue weighted by atomic mass is 10.1. The van der Waals surface area contributed by atoms with Crippen LogP contribution in [0.4, 0.5) is 4.39 Å². The molecular weight excluding hydrogens is 241 g/mol. The largest absolute Gasteiger partial charge is 0.324 e. The molecule has 2 aromatic rings. The number of nitrogens with two attached hydrogens (primary N) is 1. The van der Waals surface area contributed by atoms with E-state index < -0.39 is 0 Å². The van der Waals surface area contributed by atoms with E-state index in [1.165, 1.54) is 10.7 Å². The summed E-state index contributed by atoms with van der Waals surface area (Å²) in [7, 11) is 0. The van der Waals surface area contributed by atoms with Crippen molar-refractivity contribution >= 4 is 11.6 Å². The number of aryl methyl sites for hydroxylation is 1. The Hall–Kier alpha value is -1.39. The Kier molecular flexibility index (Phi) is 3.17. The first-order valence-electron chi connectivity index (χ1n) is 5.26. The summed E-state index contributed by atoms with van der Waals surface area (Å²) in [6.07, 6.45) is 1.58. The highest BCUT2D eigenvalue weighted by molar-refractivity contribution is 6.31. The van der Waals surface area contributed by atoms with Crippen molar-refractivity contribution in [1.82, 2.24) is 9.78 Å². The van der Waals surface area contributed by atoms with E-state index in [2.05, 4.69) is 5.10 Å². The zero-order valence-electron chi connectivity index (χ0n) is 9.61. The fraction of sp³-hybridized carbons (Fsp3) is 0.250. The van der Waals surface area contributed by atoms with Crippen LogP contribution in [-0.2, 0) is 0 Å². The number of benzene rings is 1. The first-order chi connectivity index (χ1) is 7.99. The van der Waals surface area contributed by atoms with Crippen molar-refractivity contribution in [2.45, 2.75) is 19.9 Å². The van der Waals surface area contributed by atoms with Crippen LogP contribution in [0, 0.1) is 12.7 Å². The maximum Gasteiger partial charge on any atom is 0.149 e. The van der Waals surface area contributed by atoms with Crippen LogP contribution < -0.4 is 5.73 Å². The number of rotatable bonds is 2. The van der Waals surface area contributed by atoms with Crippen LogP contribution in [0.5, 0.6) is 0 Å². The predicted octanol–water partition coefficient (Wildman–Crippen LogP) is 2.99. The van der Waals surface area contributed by atoms with E-state index in [1.54, 1.807) is 25.3 Å². The summed E-state index contributed by atoms with van der Waals surface area (Å²) in [4.78, 5) is 0. The molecule has 0 bridgehead atoms. The van der Waals surface area contributed by atoms with Gasteiger partial charge in [0.25, 0.3) is 0 Å². The second kappa shape index (κ2) is 4.47. The molecule has 1 unspecified atom stereocenters. The fourth-order valence-electron chi connectivity index (χ4n) is 1.55. The average molecular weight is 254 g/mol. The minimum absolute atomic E-state index is 0.193. The first kappa shape index (κ1) is 12.1. The second-order valence-corrected chi connectivity index (χ2v) is 4.41. The minimum Gasteiger partial charge on any atom is -0.324 e. The molecule has 1 atom stereocenters. The van der Waals surface area contributed by atoms with Crippen LogP contribution in [0.3, 0.4) is 0 Å². The lowest BCUT2D eigenvalue weighted by Crippen LogP contribution is -2.07. The number of hydrogen-bond donors (Lipinski definition) is 1. The van der Waals surface area contributed by atoms with E-state index in [0.717, 1.165) is 5.56 Å². The molecule has 2 rings (SSSR count). The van der Waals surface area contributed by atoms with Gasteiger partial charge in [-0.1, -0.05) is 17.7 Å². The van der Waals surface area contributed by atoms with Crippen molar-refractivity contribution in [2.24, 2.45) is 5.73 Å². The summed E-state index contributed by atoms with van der Waals surface area (Å²) in [5, 5.41) is 4.64. The van der Waals surface area contributed by atoms with Gasteiger partial charge < -0.3 is 5.73 Å². The minimum atomic E-state index is -0.362. The molecule has 0 spiro atoms. The Labute approximate surface area is 104 Å². The van der Waals surface area contributed by atoms with Crippen LogP contribution in [0.25, 0.3) is 5.69 Å². The topological polar surface area (TPSA) is 43.8 Å². The SMILES string of the molecule is Cc1nn(-c2ccc(C(C)N)cc2F)cc1Cl. The molecule has 2 N–H and O–H groups in total. The highest BCUT2D eigenvalue weighted by Gasteiger charge is 2.10. The molecule has 0 aliphatic heterocycles. The van der Waals surface area contributed by atoms with E-state index in [0.29, 0.717) is 16.4 Å². The van der Waals surface area contributed by atoms with Gasteiger partial charge in [-0.3, -0.25) is 0 Å². The average Bonchev–Trinajstić information content (AvgIpc) is 2.58. The molecule has 3 nitrogen and oxygen atoms in total. The zero-order valence-corrected chi connectivity index (χ0v) is 10.4. The standard InChI is InChI=1S/C12H13ClFN3/c1-7(15)9-3-4-12(11(14)5-9)17-6-10(13)8(2)16-17/h3-7H,15H2,1-2H3. The fourth-order valence-corrected chi connectivity index (χ4v) is 1.68. The molecular formula is C12H13ClFN3. The third-order valence-electron chi connectivity index (χ3n) is 2.58. The van der Waals surface area contributed by atoms with Crippen LogP contribution in [-0.4, -0.2) is 9.78 Å². The third kappa shape index (κ3) is 2.33. The number of hydrogen-bond acceptors (Lipinski definition) is 2. The van der Waals surface area contributed by atoms with E-state index >= 15 is 0 Å². The molecule has 0 amide bonds. The quantitative estimate of drug-likeness (QED) is 0.894. The Morgan fingerprint density at radius 2 is 2.18 bits per heavy atom. The molecule has 1 heterocycles. The monoisotopic (exact) mass is 253 g/mol. The van der Waals surface area contributed by atoms with Crippen LogP contribution in [0.15, 0.2) is 24.4 Å². The summed E-state index contributed by atoms with van der Waals surface area (Å²) in [5.74, 6) is -0.362. The van der Waals surface area contributed by atoms with Gasteiger partial charge in [0.15, 0.2) is 0 Å². The van der Waals surface area contributed by atoms with Crippen molar-refractivity contribution < 1.29 is 4.39 Å². The molecule has 0 saturated heterocycles. The normalized spacial score (nSPS) is 12.8. The Bertz CT molecular complexity index is 529. The maximum absolute atomic E-state index is 13.9. The van der Waals surface area contributed by atoms with Gasteiger partial charge in [0, 0.05) is 12.2 Å². The van der Waals surface area contributed by atoms with Crippen LogP contribution >= 0.6 is 11.6 Å². The zero-order chi connectivity index (χ0) is 12.6. The third-order valence-corrected chi connectivity index (χ3v) is 2.95. The summed E-state index contributed by atoms with van der Waals surface area (Å²) < 4.78 is 15.3. The van der Waals surface area contributed by atoms with Gasteiger partial charge in [0.2, 0.25) is 0 Å². The van der Waals surface area contributed by atoms with Gasteiger partial charge >= 0.3 is 0 Å². The smallest absolute Gasteiger partial charge is 0.149 e. The number of nitrogens with zero attached hydrogens (tertiary/aromatic N) is 2. The van der Waals surface area contributed by atoms with Crippen molar-refractivity contribution in [3.8, 4) is 5.69 Å². The van der Waals surface area contributed by atoms with Gasteiger partial charge in [-0.2, -0.15) is 5.10 Å². The molecule has 1 aromatic carbocycles. The molecule has 0 radical (unpaired) electrons. The molecule has 0 saturated carbocycles. The predicted molar refractivity (Wildman–Crippen MR) is 65.9 cm³/mol. The van der Waals surface area contributed by atoms with Crippen molar-refractivity contribution in [2.75, 3.05) is 0 Å². The van der Waals surface area contributed by atoms with Crippen LogP contribution in [0.2, 0.25) is 5.02 Å². The van der Waals surface area contributed by atoms with E-state index in [1.807, 2.05) is 6.92 Å². The maximum atomic E-state index is 13.9. The van der Waals surface area contributed by atoms with E-state index in [9.17, 15) is 4.39 Å². The molecule has 5 heteroatoms. The van der Waals surface area contributed by atoms with E-state index in [-0.39, 0.29) is 11.9 Å². The Balaban J connectivity index is 2.46. The van der Waals surface area contributed by atoms with Crippen LogP contribution in [0.1, 0.15) is 24.2 Å². The molecule has 0 aliphatic rings. The van der Waals surface area contributed by atoms with Gasteiger partial charge in [-0.15, -0.1) is 0 Å². The molecule has 1 aromatic heterocycles. The van der Waals surface area contributed by atoms with Gasteiger partial charge in [-0.05, 0) is 31.5 Å². The summed E-state index contributed by atoms with van der Waals surface area (Å²) in [6.45, 7) is 3.58. The van der Waals surface area contributed by atoms with Crippen molar-refractivity contribution in [3.63, 3.8) is 0 Å². The number of halogens is 2. The Morgan fingerprint density at radius 1 is 1.47 bits per heavy atom. The van der Waals surface area contributed by atoms with E-state index in [4.69, 9.17) is 17.3 Å². The summed E-state index contributed by atoms with van der Waals surface area (Å²) in [6, 6.07) is 4.66. The molecule has 0 fully saturated rings. The first-order valence-corrected chi connectivity index (χ1v) is 5.64. The summed E-state index contributed by atoms with van der Waals surface area (Å²) in [5.41, 5.74) is 7.47. The molecule has 17 heavy (non-hydrogen) atoms. The van der Waals surface area contributed by atoms with Gasteiger partial charge in [-0.25, -0.2) is 9.07 Å². The van der Waals surface area contributed by atoms with Crippen molar-refractivity contribution in [1.29, 1.82) is 0 Å².